The topological polar surface area (TPSA) is 38.9 Å². The second-order valence-corrected chi connectivity index (χ2v) is 4.52. The number of pyridine rings is 1. The molecule has 0 radical (unpaired) electrons. The van der Waals surface area contributed by atoms with Gasteiger partial charge in [-0.1, -0.05) is 12.5 Å². The zero-order chi connectivity index (χ0) is 13.2. The Morgan fingerprint density at radius 1 is 1.28 bits per heavy atom. The van der Waals surface area contributed by atoms with E-state index in [1.54, 1.807) is 6.08 Å². The van der Waals surface area contributed by atoms with Crippen LogP contribution in [0.4, 0.5) is 13.2 Å². The van der Waals surface area contributed by atoms with Gasteiger partial charge in [-0.2, -0.15) is 13.2 Å². The van der Waals surface area contributed by atoms with Crippen molar-refractivity contribution in [3.63, 3.8) is 0 Å². The summed E-state index contributed by atoms with van der Waals surface area (Å²) >= 11 is 0. The van der Waals surface area contributed by atoms with Crippen molar-refractivity contribution >= 4 is 5.57 Å². The third-order valence-corrected chi connectivity index (χ3v) is 3.12. The Morgan fingerprint density at radius 3 is 2.78 bits per heavy atom. The van der Waals surface area contributed by atoms with Crippen LogP contribution in [0.3, 0.4) is 0 Å². The number of nitrogens with two attached hydrogens (primary N) is 1. The minimum atomic E-state index is -4.35. The average molecular weight is 256 g/mol. The molecule has 5 heteroatoms. The van der Waals surface area contributed by atoms with E-state index in [1.807, 2.05) is 0 Å². The number of hydrogen-bond donors (Lipinski definition) is 1. The van der Waals surface area contributed by atoms with E-state index in [2.05, 4.69) is 4.98 Å². The van der Waals surface area contributed by atoms with E-state index in [0.29, 0.717) is 12.0 Å². The Balaban J connectivity index is 2.44. The summed E-state index contributed by atoms with van der Waals surface area (Å²) in [7, 11) is 0. The van der Waals surface area contributed by atoms with Gasteiger partial charge in [0.15, 0.2) is 0 Å². The SMILES string of the molecule is NC1C=C(c2cnccc2C(F)(F)F)CCCC1. The Bertz CT molecular complexity index is 452. The van der Waals surface area contributed by atoms with E-state index >= 15 is 0 Å². The van der Waals surface area contributed by atoms with Gasteiger partial charge in [-0.25, -0.2) is 0 Å². The fourth-order valence-corrected chi connectivity index (χ4v) is 2.24. The molecular formula is C13H15F3N2. The smallest absolute Gasteiger partial charge is 0.324 e. The van der Waals surface area contributed by atoms with Crippen LogP contribution in [-0.4, -0.2) is 11.0 Å². The maximum atomic E-state index is 12.9. The highest BCUT2D eigenvalue weighted by atomic mass is 19.4. The second-order valence-electron chi connectivity index (χ2n) is 4.52. The lowest BCUT2D eigenvalue weighted by Gasteiger charge is -2.14. The monoisotopic (exact) mass is 256 g/mol. The van der Waals surface area contributed by atoms with Crippen molar-refractivity contribution in [3.8, 4) is 0 Å². The molecule has 2 N–H and O–H groups in total. The first-order valence-corrected chi connectivity index (χ1v) is 5.96. The first-order chi connectivity index (χ1) is 8.48. The average Bonchev–Trinajstić information content (AvgIpc) is 2.53. The van der Waals surface area contributed by atoms with Crippen molar-refractivity contribution in [2.75, 3.05) is 0 Å². The third-order valence-electron chi connectivity index (χ3n) is 3.12. The molecule has 1 unspecified atom stereocenters. The van der Waals surface area contributed by atoms with Crippen molar-refractivity contribution in [1.82, 2.24) is 4.98 Å². The molecule has 1 heterocycles. The lowest BCUT2D eigenvalue weighted by atomic mass is 9.97. The first-order valence-electron chi connectivity index (χ1n) is 5.96. The number of aromatic nitrogens is 1. The van der Waals surface area contributed by atoms with Crippen molar-refractivity contribution < 1.29 is 13.2 Å². The Labute approximate surface area is 104 Å². The second kappa shape index (κ2) is 5.10. The van der Waals surface area contributed by atoms with Gasteiger partial charge in [0.05, 0.1) is 5.56 Å². The lowest BCUT2D eigenvalue weighted by molar-refractivity contribution is -0.137. The molecule has 0 fully saturated rings. The van der Waals surface area contributed by atoms with Gasteiger partial charge in [0.25, 0.3) is 0 Å². The van der Waals surface area contributed by atoms with Gasteiger partial charge in [-0.3, -0.25) is 4.98 Å². The van der Waals surface area contributed by atoms with E-state index in [-0.39, 0.29) is 11.6 Å². The van der Waals surface area contributed by atoms with E-state index in [0.717, 1.165) is 25.3 Å². The number of allylic oxidation sites excluding steroid dienone is 1. The maximum Gasteiger partial charge on any atom is 0.417 e. The zero-order valence-electron chi connectivity index (χ0n) is 9.87. The van der Waals surface area contributed by atoms with Crippen LogP contribution in [0.15, 0.2) is 24.5 Å². The minimum Gasteiger partial charge on any atom is -0.324 e. The number of hydrogen-bond acceptors (Lipinski definition) is 2. The van der Waals surface area contributed by atoms with Gasteiger partial charge in [0.1, 0.15) is 0 Å². The van der Waals surface area contributed by atoms with Crippen LogP contribution >= 0.6 is 0 Å². The number of rotatable bonds is 1. The Kier molecular flexibility index (Phi) is 3.71. The fraction of sp³-hybridized carbons (Fsp3) is 0.462. The number of nitrogens with zero attached hydrogens (tertiary/aromatic N) is 1. The molecule has 0 saturated carbocycles. The molecule has 0 amide bonds. The summed E-state index contributed by atoms with van der Waals surface area (Å²) in [6.45, 7) is 0. The molecule has 0 spiro atoms. The number of alkyl halides is 3. The zero-order valence-corrected chi connectivity index (χ0v) is 9.87. The summed E-state index contributed by atoms with van der Waals surface area (Å²) in [5.74, 6) is 0. The van der Waals surface area contributed by atoms with E-state index in [9.17, 15) is 13.2 Å². The highest BCUT2D eigenvalue weighted by Gasteiger charge is 2.34. The predicted octanol–water partition coefficient (Wildman–Crippen LogP) is 3.39. The number of halogens is 3. The van der Waals surface area contributed by atoms with Gasteiger partial charge in [0.2, 0.25) is 0 Å². The van der Waals surface area contributed by atoms with E-state index in [1.165, 1.54) is 12.4 Å². The van der Waals surface area contributed by atoms with Crippen LogP contribution < -0.4 is 5.73 Å². The molecule has 0 bridgehead atoms. The molecule has 1 atom stereocenters. The predicted molar refractivity (Wildman–Crippen MR) is 63.7 cm³/mol. The summed E-state index contributed by atoms with van der Waals surface area (Å²) in [6, 6.07) is 0.857. The van der Waals surface area contributed by atoms with Crippen molar-refractivity contribution in [2.45, 2.75) is 37.9 Å². The quantitative estimate of drug-likeness (QED) is 0.836. The normalized spacial score (nSPS) is 21.3. The maximum absolute atomic E-state index is 12.9. The third kappa shape index (κ3) is 2.90. The van der Waals surface area contributed by atoms with Gasteiger partial charge in [0, 0.05) is 24.0 Å². The molecule has 1 aliphatic carbocycles. The highest BCUT2D eigenvalue weighted by molar-refractivity contribution is 5.68. The molecule has 1 aromatic rings. The fourth-order valence-electron chi connectivity index (χ4n) is 2.24. The molecule has 1 aromatic heterocycles. The molecule has 0 aromatic carbocycles. The first kappa shape index (κ1) is 13.1. The summed E-state index contributed by atoms with van der Waals surface area (Å²) in [5.41, 5.74) is 6.05. The standard InChI is InChI=1S/C13H15F3N2/c14-13(15,16)12-5-6-18-8-11(12)9-3-1-2-4-10(17)7-9/h5-8,10H,1-4,17H2. The summed E-state index contributed by atoms with van der Waals surface area (Å²) in [5, 5.41) is 0. The van der Waals surface area contributed by atoms with Gasteiger partial charge in [-0.05, 0) is 30.9 Å². The molecule has 2 nitrogen and oxygen atoms in total. The largest absolute Gasteiger partial charge is 0.417 e. The van der Waals surface area contributed by atoms with E-state index < -0.39 is 11.7 Å². The Morgan fingerprint density at radius 2 is 2.06 bits per heavy atom. The summed E-state index contributed by atoms with van der Waals surface area (Å²) in [6.07, 6.45) is 3.12. The van der Waals surface area contributed by atoms with Crippen LogP contribution in [0.5, 0.6) is 0 Å². The van der Waals surface area contributed by atoms with Crippen LogP contribution in [0, 0.1) is 0 Å². The summed E-state index contributed by atoms with van der Waals surface area (Å²) < 4.78 is 38.7. The summed E-state index contributed by atoms with van der Waals surface area (Å²) in [4.78, 5) is 3.81. The van der Waals surface area contributed by atoms with Gasteiger partial charge in [-0.15, -0.1) is 0 Å². The molecule has 0 aliphatic heterocycles. The highest BCUT2D eigenvalue weighted by Crippen LogP contribution is 2.36. The van der Waals surface area contributed by atoms with Crippen LogP contribution in [-0.2, 0) is 6.18 Å². The van der Waals surface area contributed by atoms with Gasteiger partial charge >= 0.3 is 6.18 Å². The van der Waals surface area contributed by atoms with Crippen molar-refractivity contribution in [2.24, 2.45) is 5.73 Å². The molecule has 1 aliphatic rings. The molecule has 18 heavy (non-hydrogen) atoms. The Hall–Kier alpha value is -1.36. The minimum absolute atomic E-state index is 0.163. The van der Waals surface area contributed by atoms with Gasteiger partial charge < -0.3 is 5.73 Å². The van der Waals surface area contributed by atoms with E-state index in [4.69, 9.17) is 5.73 Å². The molecule has 2 rings (SSSR count). The van der Waals surface area contributed by atoms with Crippen molar-refractivity contribution in [3.05, 3.63) is 35.7 Å². The van der Waals surface area contributed by atoms with Crippen molar-refractivity contribution in [1.29, 1.82) is 0 Å². The molecule has 98 valence electrons. The van der Waals surface area contributed by atoms with Crippen LogP contribution in [0.25, 0.3) is 5.57 Å². The lowest BCUT2D eigenvalue weighted by Crippen LogP contribution is -2.16. The molecule has 0 saturated heterocycles. The molecular weight excluding hydrogens is 241 g/mol. The van der Waals surface area contributed by atoms with Crippen LogP contribution in [0.2, 0.25) is 0 Å². The van der Waals surface area contributed by atoms with Crippen LogP contribution in [0.1, 0.15) is 36.8 Å².